The molecular formula is C67H106O6. The van der Waals surface area contributed by atoms with Gasteiger partial charge >= 0.3 is 17.9 Å². The first-order chi connectivity index (χ1) is 36.0. The monoisotopic (exact) mass is 1010 g/mol. The Morgan fingerprint density at radius 2 is 0.548 bits per heavy atom. The zero-order valence-corrected chi connectivity index (χ0v) is 46.8. The highest BCUT2D eigenvalue weighted by atomic mass is 16.6. The third-order valence-electron chi connectivity index (χ3n) is 11.8. The van der Waals surface area contributed by atoms with Gasteiger partial charge in [-0.25, -0.2) is 0 Å². The van der Waals surface area contributed by atoms with Crippen LogP contribution in [0.4, 0.5) is 0 Å². The number of hydrogen-bond donors (Lipinski definition) is 0. The van der Waals surface area contributed by atoms with E-state index in [9.17, 15) is 14.4 Å². The zero-order valence-electron chi connectivity index (χ0n) is 46.8. The molecule has 0 spiro atoms. The van der Waals surface area contributed by atoms with Crippen molar-refractivity contribution in [2.75, 3.05) is 13.2 Å². The largest absolute Gasteiger partial charge is 0.462 e. The van der Waals surface area contributed by atoms with Gasteiger partial charge in [-0.2, -0.15) is 0 Å². The average Bonchev–Trinajstić information content (AvgIpc) is 3.39. The Kier molecular flexibility index (Phi) is 56.0. The van der Waals surface area contributed by atoms with Gasteiger partial charge in [-0.1, -0.05) is 231 Å². The molecule has 0 radical (unpaired) electrons. The SMILES string of the molecule is CC/C=C\C/C=C\C/C=C\C/C=C\C/C=C\CCCCCC(=O)OCC(COC(=O)CCC/C=C\C/C=C\C/C=C\CCCCCCCC)OC(=O)CCCCCCCC/C=C\C/C=C\C/C=C\C/C=C\CC. The molecule has 73 heavy (non-hydrogen) atoms. The number of carbonyl (C=O) groups excluding carboxylic acids is 3. The summed E-state index contributed by atoms with van der Waals surface area (Å²) >= 11 is 0. The van der Waals surface area contributed by atoms with Gasteiger partial charge < -0.3 is 14.2 Å². The quantitative estimate of drug-likeness (QED) is 0.0261. The molecule has 0 rings (SSSR count). The van der Waals surface area contributed by atoms with Crippen molar-refractivity contribution in [2.45, 2.75) is 245 Å². The zero-order chi connectivity index (χ0) is 52.9. The molecule has 0 heterocycles. The molecule has 1 unspecified atom stereocenters. The van der Waals surface area contributed by atoms with Crippen molar-refractivity contribution in [3.05, 3.63) is 146 Å². The summed E-state index contributed by atoms with van der Waals surface area (Å²) in [6, 6.07) is 0. The highest BCUT2D eigenvalue weighted by molar-refractivity contribution is 5.71. The van der Waals surface area contributed by atoms with Gasteiger partial charge in [-0.3, -0.25) is 14.4 Å². The predicted octanol–water partition coefficient (Wildman–Crippen LogP) is 20.0. The Labute approximate surface area is 448 Å². The molecule has 0 aliphatic heterocycles. The summed E-state index contributed by atoms with van der Waals surface area (Å²) in [5.41, 5.74) is 0. The van der Waals surface area contributed by atoms with E-state index in [1.54, 1.807) is 0 Å². The van der Waals surface area contributed by atoms with Crippen LogP contribution in [0.15, 0.2) is 146 Å². The summed E-state index contributed by atoms with van der Waals surface area (Å²) in [5.74, 6) is -1.02. The van der Waals surface area contributed by atoms with E-state index in [4.69, 9.17) is 14.2 Å². The molecule has 0 amide bonds. The van der Waals surface area contributed by atoms with Gasteiger partial charge in [0.15, 0.2) is 6.10 Å². The summed E-state index contributed by atoms with van der Waals surface area (Å²) in [5, 5.41) is 0. The van der Waals surface area contributed by atoms with E-state index in [1.165, 1.54) is 57.8 Å². The minimum atomic E-state index is -0.828. The minimum absolute atomic E-state index is 0.123. The number of carbonyl (C=O) groups is 3. The average molecular weight is 1010 g/mol. The van der Waals surface area contributed by atoms with Crippen LogP contribution in [0, 0.1) is 0 Å². The number of allylic oxidation sites excluding steroid dienone is 24. The van der Waals surface area contributed by atoms with Gasteiger partial charge in [-0.05, 0) is 135 Å². The number of ether oxygens (including phenoxy) is 3. The molecule has 1 atom stereocenters. The first-order valence-electron chi connectivity index (χ1n) is 29.3. The summed E-state index contributed by atoms with van der Waals surface area (Å²) < 4.78 is 16.8. The lowest BCUT2D eigenvalue weighted by Crippen LogP contribution is -2.30. The molecule has 6 nitrogen and oxygen atoms in total. The second-order valence-electron chi connectivity index (χ2n) is 18.8. The first kappa shape index (κ1) is 68.3. The van der Waals surface area contributed by atoms with Crippen molar-refractivity contribution in [3.8, 4) is 0 Å². The van der Waals surface area contributed by atoms with Crippen LogP contribution in [0.3, 0.4) is 0 Å². The Bertz CT molecular complexity index is 1630. The van der Waals surface area contributed by atoms with Crippen LogP contribution < -0.4 is 0 Å². The van der Waals surface area contributed by atoms with Crippen molar-refractivity contribution >= 4 is 17.9 Å². The Morgan fingerprint density at radius 1 is 0.288 bits per heavy atom. The van der Waals surface area contributed by atoms with Gasteiger partial charge in [-0.15, -0.1) is 0 Å². The van der Waals surface area contributed by atoms with Gasteiger partial charge in [0.25, 0.3) is 0 Å². The molecule has 0 aromatic heterocycles. The van der Waals surface area contributed by atoms with Crippen LogP contribution in [-0.4, -0.2) is 37.2 Å². The number of esters is 3. The number of hydrogen-bond acceptors (Lipinski definition) is 6. The molecule has 0 saturated heterocycles. The molecule has 6 heteroatoms. The number of rotatable bonds is 51. The normalized spacial score (nSPS) is 13.2. The lowest BCUT2D eigenvalue weighted by molar-refractivity contribution is -0.167. The van der Waals surface area contributed by atoms with E-state index >= 15 is 0 Å². The van der Waals surface area contributed by atoms with Crippen LogP contribution in [0.2, 0.25) is 0 Å². The molecule has 0 aliphatic rings. The molecule has 410 valence electrons. The summed E-state index contributed by atoms with van der Waals surface area (Å²) in [4.78, 5) is 38.2. The topological polar surface area (TPSA) is 78.9 Å². The van der Waals surface area contributed by atoms with Crippen molar-refractivity contribution in [2.24, 2.45) is 0 Å². The Balaban J connectivity index is 4.58. The maximum absolute atomic E-state index is 12.9. The fourth-order valence-corrected chi connectivity index (χ4v) is 7.47. The number of unbranched alkanes of at least 4 members (excludes halogenated alkanes) is 16. The third kappa shape index (κ3) is 58.1. The molecule has 0 saturated carbocycles. The molecule has 0 fully saturated rings. The standard InChI is InChI=1S/C67H106O6/c1-4-7-10-13-16-19-22-25-28-31-33-36-39-42-45-48-51-54-57-60-66(69)72-63-64(62-71-65(68)59-56-53-50-47-44-41-38-35-30-27-24-21-18-15-12-9-6-3)73-67(70)61-58-55-52-49-46-43-40-37-34-32-29-26-23-20-17-14-11-8-5-2/h7-8,10-11,16-17,19-20,25-30,33-34,36-38,41-42,45,47,50,64H,4-6,9,12-15,18,21-24,31-32,35,39-40,43-44,46,48-49,51-63H2,1-3H3/b10-7-,11-8-,19-16-,20-17-,28-25-,29-26-,30-27-,36-33-,37-34-,41-38-,45-42-,50-47-. The molecule has 0 aromatic carbocycles. The molecule has 0 bridgehead atoms. The van der Waals surface area contributed by atoms with Gasteiger partial charge in [0.2, 0.25) is 0 Å². The fourth-order valence-electron chi connectivity index (χ4n) is 7.47. The maximum atomic E-state index is 12.9. The van der Waals surface area contributed by atoms with Gasteiger partial charge in [0.1, 0.15) is 13.2 Å². The Hall–Kier alpha value is -4.71. The fraction of sp³-hybridized carbons (Fsp3) is 0.597. The lowest BCUT2D eigenvalue weighted by atomic mass is 10.1. The van der Waals surface area contributed by atoms with Crippen LogP contribution in [0.5, 0.6) is 0 Å². The lowest BCUT2D eigenvalue weighted by Gasteiger charge is -2.18. The van der Waals surface area contributed by atoms with Gasteiger partial charge in [0.05, 0.1) is 0 Å². The molecule has 0 aliphatic carbocycles. The van der Waals surface area contributed by atoms with E-state index in [2.05, 4.69) is 167 Å². The van der Waals surface area contributed by atoms with Crippen molar-refractivity contribution in [3.63, 3.8) is 0 Å². The van der Waals surface area contributed by atoms with Gasteiger partial charge in [0, 0.05) is 19.3 Å². The van der Waals surface area contributed by atoms with Crippen molar-refractivity contribution < 1.29 is 28.6 Å². The van der Waals surface area contributed by atoms with Crippen LogP contribution >= 0.6 is 0 Å². The molecule has 0 aromatic rings. The Morgan fingerprint density at radius 3 is 0.904 bits per heavy atom. The van der Waals surface area contributed by atoms with E-state index in [0.29, 0.717) is 12.8 Å². The maximum Gasteiger partial charge on any atom is 0.306 e. The summed E-state index contributed by atoms with van der Waals surface area (Å²) in [6.45, 7) is 6.31. The van der Waals surface area contributed by atoms with Crippen LogP contribution in [-0.2, 0) is 28.6 Å². The second kappa shape index (κ2) is 59.8. The van der Waals surface area contributed by atoms with Crippen molar-refractivity contribution in [1.29, 1.82) is 0 Å². The van der Waals surface area contributed by atoms with E-state index < -0.39 is 6.10 Å². The predicted molar refractivity (Wildman–Crippen MR) is 315 cm³/mol. The molecule has 0 N–H and O–H groups in total. The first-order valence-corrected chi connectivity index (χ1v) is 29.3. The van der Waals surface area contributed by atoms with E-state index in [0.717, 1.165) is 135 Å². The highest BCUT2D eigenvalue weighted by Crippen LogP contribution is 2.13. The summed E-state index contributed by atoms with van der Waals surface area (Å²) in [7, 11) is 0. The van der Waals surface area contributed by atoms with Crippen LogP contribution in [0.1, 0.15) is 239 Å². The van der Waals surface area contributed by atoms with E-state index in [1.807, 2.05) is 0 Å². The van der Waals surface area contributed by atoms with Crippen molar-refractivity contribution in [1.82, 2.24) is 0 Å². The van der Waals surface area contributed by atoms with E-state index in [-0.39, 0.29) is 44.0 Å². The summed E-state index contributed by atoms with van der Waals surface area (Å²) in [6.07, 6.45) is 85.5. The third-order valence-corrected chi connectivity index (χ3v) is 11.8. The molecular weight excluding hydrogens is 901 g/mol. The minimum Gasteiger partial charge on any atom is -0.462 e. The highest BCUT2D eigenvalue weighted by Gasteiger charge is 2.19. The second-order valence-corrected chi connectivity index (χ2v) is 18.8. The van der Waals surface area contributed by atoms with Crippen LogP contribution in [0.25, 0.3) is 0 Å². The smallest absolute Gasteiger partial charge is 0.306 e.